The standard InChI is InChI=1S/C21H25NO3/c1-15-5-6-17(10-9-16-7-8-16)12-20(15)22-14-19(25-21(22)23)13-18-4-2-3-11-24-18/h5-6,12,16,18-19H,2-4,7-8,11,13-14H2,1H3. The Morgan fingerprint density at radius 2 is 2.08 bits per heavy atom. The van der Waals surface area contributed by atoms with Crippen LogP contribution >= 0.6 is 0 Å². The molecule has 4 heteroatoms. The molecular weight excluding hydrogens is 314 g/mol. The van der Waals surface area contributed by atoms with Gasteiger partial charge in [-0.2, -0.15) is 0 Å². The van der Waals surface area contributed by atoms with Crippen molar-refractivity contribution in [3.63, 3.8) is 0 Å². The zero-order valence-corrected chi connectivity index (χ0v) is 14.8. The summed E-state index contributed by atoms with van der Waals surface area (Å²) in [5, 5.41) is 0. The van der Waals surface area contributed by atoms with E-state index >= 15 is 0 Å². The Morgan fingerprint density at radius 3 is 2.84 bits per heavy atom. The predicted molar refractivity (Wildman–Crippen MR) is 96.6 cm³/mol. The van der Waals surface area contributed by atoms with Crippen molar-refractivity contribution < 1.29 is 14.3 Å². The van der Waals surface area contributed by atoms with E-state index in [1.807, 2.05) is 25.1 Å². The lowest BCUT2D eigenvalue weighted by Gasteiger charge is -2.24. The van der Waals surface area contributed by atoms with Gasteiger partial charge in [-0.1, -0.05) is 17.9 Å². The number of rotatable bonds is 3. The largest absolute Gasteiger partial charge is 0.444 e. The van der Waals surface area contributed by atoms with Gasteiger partial charge in [0.15, 0.2) is 0 Å². The number of cyclic esters (lactones) is 1. The van der Waals surface area contributed by atoms with Crippen molar-refractivity contribution in [1.82, 2.24) is 0 Å². The molecule has 1 saturated carbocycles. The van der Waals surface area contributed by atoms with Crippen molar-refractivity contribution in [3.8, 4) is 11.8 Å². The van der Waals surface area contributed by atoms with Crippen LogP contribution in [0.4, 0.5) is 10.5 Å². The van der Waals surface area contributed by atoms with Crippen LogP contribution in [0.15, 0.2) is 18.2 Å². The first kappa shape index (κ1) is 16.5. The molecule has 1 amide bonds. The average Bonchev–Trinajstić information content (AvgIpc) is 3.38. The van der Waals surface area contributed by atoms with E-state index in [1.165, 1.54) is 19.3 Å². The SMILES string of the molecule is Cc1ccc(C#CC2CC2)cc1N1CC(CC2CCCCO2)OC1=O. The summed E-state index contributed by atoms with van der Waals surface area (Å²) in [6.07, 6.45) is 6.53. The summed E-state index contributed by atoms with van der Waals surface area (Å²) in [6, 6.07) is 6.09. The minimum absolute atomic E-state index is 0.0868. The molecule has 1 aromatic carbocycles. The highest BCUT2D eigenvalue weighted by molar-refractivity contribution is 5.91. The smallest absolute Gasteiger partial charge is 0.414 e. The number of carbonyl (C=O) groups is 1. The fourth-order valence-corrected chi connectivity index (χ4v) is 3.52. The summed E-state index contributed by atoms with van der Waals surface area (Å²) >= 11 is 0. The highest BCUT2D eigenvalue weighted by Crippen LogP contribution is 2.30. The lowest BCUT2D eigenvalue weighted by atomic mass is 10.0. The van der Waals surface area contributed by atoms with E-state index in [1.54, 1.807) is 4.90 Å². The molecule has 3 aliphatic rings. The second-order valence-electron chi connectivity index (χ2n) is 7.39. The molecule has 0 radical (unpaired) electrons. The zero-order chi connectivity index (χ0) is 17.2. The molecule has 2 saturated heterocycles. The lowest BCUT2D eigenvalue weighted by molar-refractivity contribution is -0.0102. The molecule has 1 aliphatic carbocycles. The third kappa shape index (κ3) is 3.99. The van der Waals surface area contributed by atoms with Crippen molar-refractivity contribution >= 4 is 11.8 Å². The highest BCUT2D eigenvalue weighted by Gasteiger charge is 2.35. The number of carbonyl (C=O) groups excluding carboxylic acids is 1. The monoisotopic (exact) mass is 339 g/mol. The van der Waals surface area contributed by atoms with E-state index < -0.39 is 0 Å². The first-order valence-electron chi connectivity index (χ1n) is 9.41. The fraction of sp³-hybridized carbons (Fsp3) is 0.571. The molecule has 2 unspecified atom stereocenters. The number of hydrogen-bond acceptors (Lipinski definition) is 3. The lowest BCUT2D eigenvalue weighted by Crippen LogP contribution is -2.28. The number of benzene rings is 1. The fourth-order valence-electron chi connectivity index (χ4n) is 3.52. The molecule has 0 spiro atoms. The van der Waals surface area contributed by atoms with Gasteiger partial charge in [-0.05, 0) is 56.7 Å². The van der Waals surface area contributed by atoms with E-state index in [0.29, 0.717) is 12.5 Å². The van der Waals surface area contributed by atoms with E-state index in [2.05, 4.69) is 11.8 Å². The Balaban J connectivity index is 1.46. The van der Waals surface area contributed by atoms with Crippen molar-refractivity contribution in [3.05, 3.63) is 29.3 Å². The average molecular weight is 339 g/mol. The van der Waals surface area contributed by atoms with Gasteiger partial charge in [0.25, 0.3) is 0 Å². The number of nitrogens with zero attached hydrogens (tertiary/aromatic N) is 1. The van der Waals surface area contributed by atoms with E-state index in [4.69, 9.17) is 9.47 Å². The third-order valence-electron chi connectivity index (χ3n) is 5.17. The maximum atomic E-state index is 12.4. The Hall–Kier alpha value is -1.99. The first-order valence-corrected chi connectivity index (χ1v) is 9.41. The van der Waals surface area contributed by atoms with Gasteiger partial charge >= 0.3 is 6.09 Å². The molecular formula is C21H25NO3. The van der Waals surface area contributed by atoms with Crippen molar-refractivity contribution in [2.24, 2.45) is 5.92 Å². The maximum absolute atomic E-state index is 12.4. The Kier molecular flexibility index (Phi) is 4.67. The molecule has 1 aromatic rings. The van der Waals surface area contributed by atoms with Gasteiger partial charge < -0.3 is 9.47 Å². The minimum Gasteiger partial charge on any atom is -0.444 e. The molecule has 132 valence electrons. The number of anilines is 1. The van der Waals surface area contributed by atoms with Crippen LogP contribution in [0.1, 0.15) is 49.7 Å². The molecule has 4 nitrogen and oxygen atoms in total. The van der Waals surface area contributed by atoms with Crippen LogP contribution in [0.2, 0.25) is 0 Å². The van der Waals surface area contributed by atoms with Crippen LogP contribution < -0.4 is 4.90 Å². The topological polar surface area (TPSA) is 38.8 Å². The quantitative estimate of drug-likeness (QED) is 0.780. The van der Waals surface area contributed by atoms with Crippen molar-refractivity contribution in [1.29, 1.82) is 0 Å². The zero-order valence-electron chi connectivity index (χ0n) is 14.8. The molecule has 25 heavy (non-hydrogen) atoms. The van der Waals surface area contributed by atoms with Gasteiger partial charge in [0.2, 0.25) is 0 Å². The Bertz CT molecular complexity index is 708. The second kappa shape index (κ2) is 7.09. The predicted octanol–water partition coefficient (Wildman–Crippen LogP) is 4.04. The van der Waals surface area contributed by atoms with Crippen LogP contribution in [0.5, 0.6) is 0 Å². The van der Waals surface area contributed by atoms with Crippen LogP contribution in [0.3, 0.4) is 0 Å². The Morgan fingerprint density at radius 1 is 1.20 bits per heavy atom. The summed E-state index contributed by atoms with van der Waals surface area (Å²) in [6.45, 7) is 3.45. The van der Waals surface area contributed by atoms with Crippen molar-refractivity contribution in [2.45, 2.75) is 57.7 Å². The maximum Gasteiger partial charge on any atom is 0.414 e. The number of hydrogen-bond donors (Lipinski definition) is 0. The first-order chi connectivity index (χ1) is 12.2. The van der Waals surface area contributed by atoms with Crippen molar-refractivity contribution in [2.75, 3.05) is 18.1 Å². The summed E-state index contributed by atoms with van der Waals surface area (Å²) in [5.41, 5.74) is 2.96. The third-order valence-corrected chi connectivity index (χ3v) is 5.17. The molecule has 2 heterocycles. The van der Waals surface area contributed by atoms with E-state index in [0.717, 1.165) is 42.7 Å². The molecule has 2 atom stereocenters. The highest BCUT2D eigenvalue weighted by atomic mass is 16.6. The molecule has 3 fully saturated rings. The second-order valence-corrected chi connectivity index (χ2v) is 7.39. The normalized spacial score (nSPS) is 26.1. The number of ether oxygens (including phenoxy) is 2. The molecule has 0 N–H and O–H groups in total. The minimum atomic E-state index is -0.254. The van der Waals surface area contributed by atoms with Crippen LogP contribution in [-0.4, -0.2) is 31.5 Å². The summed E-state index contributed by atoms with van der Waals surface area (Å²) in [4.78, 5) is 14.1. The van der Waals surface area contributed by atoms with Crippen LogP contribution in [-0.2, 0) is 9.47 Å². The molecule has 2 aliphatic heterocycles. The van der Waals surface area contributed by atoms with E-state index in [-0.39, 0.29) is 18.3 Å². The van der Waals surface area contributed by atoms with Gasteiger partial charge in [0, 0.05) is 24.5 Å². The molecule has 4 rings (SSSR count). The summed E-state index contributed by atoms with van der Waals surface area (Å²) < 4.78 is 11.4. The Labute approximate surface area is 149 Å². The van der Waals surface area contributed by atoms with E-state index in [9.17, 15) is 4.79 Å². The van der Waals surface area contributed by atoms with Gasteiger partial charge in [-0.15, -0.1) is 0 Å². The van der Waals surface area contributed by atoms with Gasteiger partial charge in [-0.3, -0.25) is 4.90 Å². The summed E-state index contributed by atoms with van der Waals surface area (Å²) in [7, 11) is 0. The van der Waals surface area contributed by atoms with Crippen LogP contribution in [0, 0.1) is 24.7 Å². The number of amides is 1. The molecule has 0 aromatic heterocycles. The van der Waals surface area contributed by atoms with Gasteiger partial charge in [0.05, 0.1) is 18.3 Å². The molecule has 0 bridgehead atoms. The van der Waals surface area contributed by atoms with Gasteiger partial charge in [0.1, 0.15) is 6.10 Å². The summed E-state index contributed by atoms with van der Waals surface area (Å²) in [5.74, 6) is 7.09. The van der Waals surface area contributed by atoms with Crippen LogP contribution in [0.25, 0.3) is 0 Å². The number of aryl methyl sites for hydroxylation is 1. The van der Waals surface area contributed by atoms with Gasteiger partial charge in [-0.25, -0.2) is 4.79 Å².